The molecule has 3 aliphatic rings. The van der Waals surface area contributed by atoms with E-state index in [1.54, 1.807) is 76.8 Å². The second kappa shape index (κ2) is 48.1. The van der Waals surface area contributed by atoms with E-state index >= 15 is 0 Å². The number of carboxylic acid groups (broad SMARTS) is 1. The van der Waals surface area contributed by atoms with Crippen LogP contribution in [-0.2, 0) is 60.8 Å². The first-order valence-corrected chi connectivity index (χ1v) is 32.8. The Morgan fingerprint density at radius 1 is 0.473 bits per heavy atom. The van der Waals surface area contributed by atoms with Gasteiger partial charge in [-0.05, 0) is 172 Å². The van der Waals surface area contributed by atoms with Gasteiger partial charge >= 0.3 is 48.3 Å². The molecule has 110 heavy (non-hydrogen) atoms. The van der Waals surface area contributed by atoms with Crippen molar-refractivity contribution >= 4 is 71.9 Å². The van der Waals surface area contributed by atoms with Gasteiger partial charge in [-0.25, -0.2) is 29.5 Å². The number of aromatic carboxylic acids is 1. The number of carboxylic acids is 1. The fraction of sp³-hybridized carbons (Fsp3) is 0.241. The van der Waals surface area contributed by atoms with Gasteiger partial charge in [-0.3, -0.25) is 24.4 Å². The quantitative estimate of drug-likeness (QED) is 0.0271. The van der Waals surface area contributed by atoms with Crippen molar-refractivity contribution in [3.05, 3.63) is 247 Å². The smallest absolute Gasteiger partial charge is 0.373 e. The van der Waals surface area contributed by atoms with Gasteiger partial charge in [-0.15, -0.1) is 0 Å². The summed E-state index contributed by atoms with van der Waals surface area (Å²) in [5.41, 5.74) is 10.7. The maximum atomic E-state index is 12.9. The van der Waals surface area contributed by atoms with E-state index in [9.17, 15) is 43.2 Å². The molecule has 0 saturated carbocycles. The van der Waals surface area contributed by atoms with Gasteiger partial charge in [0.1, 0.15) is 54.3 Å². The molecule has 0 bridgehead atoms. The van der Waals surface area contributed by atoms with Crippen LogP contribution in [0.2, 0.25) is 0 Å². The van der Waals surface area contributed by atoms with Crippen molar-refractivity contribution in [1.82, 2.24) is 20.6 Å². The predicted octanol–water partition coefficient (Wildman–Crippen LogP) is 8.96. The minimum atomic E-state index is -0.986. The van der Waals surface area contributed by atoms with Crippen LogP contribution >= 0.6 is 0 Å². The number of carbonyl (C=O) groups is 9. The number of rotatable bonds is 13. The topological polar surface area (TPSA) is 441 Å². The highest BCUT2D eigenvalue weighted by atomic mass is 16.5. The summed E-state index contributed by atoms with van der Waals surface area (Å²) in [6, 6.07) is 45.3. The Hall–Kier alpha value is -14.1. The summed E-state index contributed by atoms with van der Waals surface area (Å²) in [7, 11) is 5.31. The molecule has 578 valence electrons. The van der Waals surface area contributed by atoms with E-state index in [4.69, 9.17) is 73.0 Å². The van der Waals surface area contributed by atoms with Crippen LogP contribution < -0.4 is 29.7 Å². The maximum absolute atomic E-state index is 12.9. The summed E-state index contributed by atoms with van der Waals surface area (Å²) in [5.74, 6) is -1.37. The van der Waals surface area contributed by atoms with E-state index in [0.717, 1.165) is 34.4 Å². The Bertz CT molecular complexity index is 4380. The molecule has 31 nitrogen and oxygen atoms in total. The summed E-state index contributed by atoms with van der Waals surface area (Å²) < 4.78 is 40.6. The van der Waals surface area contributed by atoms with Gasteiger partial charge in [-0.2, -0.15) is 28.8 Å². The summed E-state index contributed by atoms with van der Waals surface area (Å²) in [6.07, 6.45) is 1.72. The zero-order valence-corrected chi connectivity index (χ0v) is 61.2. The molecule has 3 aliphatic heterocycles. The number of aromatic hydroxyl groups is 2. The van der Waals surface area contributed by atoms with Gasteiger partial charge in [-0.1, -0.05) is 66.6 Å². The first-order valence-electron chi connectivity index (χ1n) is 32.8. The standard InChI is InChI=1S/C19H19NO4.C18H18N2O4.C12H16O3.C11H11NO4.C9H10O3.C7H6O3.3CO2/c1-13-3-5-14(6-4-13)12-20-9-10-24-17-8-7-15(19(22)23-2)11-16(17)18(20)21;1-12-2-4-13(5-3-12)11-20-8-9-24-16-7-6-14(17(21)19-23)10-15(16)18(20)22;1-4-7-15-11-6-5-10(8-9(11)2)12(13)14-3;1-15-11(14)7-2-3-9-8(6-7)10(13)12-4-5-16-9;1-6-5-7(9(11)12-2)3-4-8(6)10;8-6-3-1-5(2-4-6)7(9)10;3*2-1-3/h3-8,11H,9-10,12H2,1-2H3;2-7,10,23H,8-9,11H2,1H3,(H,19,21);5-6,8H,4,7H2,1-3H3;2-3,6H,4-5H2,1H3,(H,12,13);3-5,10H,1-2H3;1-4,8H,(H,9,10);;;. The highest BCUT2D eigenvalue weighted by molar-refractivity contribution is 6.03. The second-order valence-corrected chi connectivity index (χ2v) is 22.7. The predicted molar refractivity (Wildman–Crippen MR) is 384 cm³/mol. The van der Waals surface area contributed by atoms with Crippen molar-refractivity contribution in [2.75, 3.05) is 74.5 Å². The molecular formula is C79H80N4O27. The number of phenols is 2. The van der Waals surface area contributed by atoms with E-state index < -0.39 is 29.8 Å². The van der Waals surface area contributed by atoms with Gasteiger partial charge in [0.05, 0.1) is 99.2 Å². The summed E-state index contributed by atoms with van der Waals surface area (Å²) in [6.45, 7) is 14.0. The lowest BCUT2D eigenvalue weighted by atomic mass is 10.1. The third-order valence-electron chi connectivity index (χ3n) is 15.1. The maximum Gasteiger partial charge on any atom is 0.373 e. The van der Waals surface area contributed by atoms with Crippen LogP contribution in [0.5, 0.6) is 34.5 Å². The van der Waals surface area contributed by atoms with Crippen LogP contribution in [-0.4, -0.2) is 177 Å². The first kappa shape index (κ1) is 90.1. The van der Waals surface area contributed by atoms with Crippen molar-refractivity contribution < 1.29 is 130 Å². The molecule has 8 aromatic carbocycles. The highest BCUT2D eigenvalue weighted by Gasteiger charge is 2.27. The van der Waals surface area contributed by atoms with Gasteiger partial charge < -0.3 is 68.3 Å². The Morgan fingerprint density at radius 2 is 0.836 bits per heavy atom. The number of benzene rings is 8. The van der Waals surface area contributed by atoms with Crippen LogP contribution in [0.1, 0.15) is 140 Å². The second-order valence-electron chi connectivity index (χ2n) is 22.7. The molecule has 0 unspecified atom stereocenters. The number of hydrogen-bond donors (Lipinski definition) is 6. The molecule has 3 heterocycles. The lowest BCUT2D eigenvalue weighted by Gasteiger charge is -2.20. The molecule has 0 atom stereocenters. The normalized spacial score (nSPS) is 11.5. The molecule has 6 N–H and O–H groups in total. The molecule has 0 spiro atoms. The molecule has 0 aliphatic carbocycles. The van der Waals surface area contributed by atoms with E-state index in [-0.39, 0.29) is 64.8 Å². The monoisotopic (exact) mass is 1520 g/mol. The Morgan fingerprint density at radius 3 is 1.24 bits per heavy atom. The number of nitrogens with one attached hydrogen (secondary N) is 2. The lowest BCUT2D eigenvalue weighted by molar-refractivity contribution is -0.193. The number of nitrogens with zero attached hydrogens (tertiary/aromatic N) is 2. The zero-order valence-electron chi connectivity index (χ0n) is 61.2. The fourth-order valence-electron chi connectivity index (χ4n) is 9.57. The lowest BCUT2D eigenvalue weighted by Crippen LogP contribution is -2.32. The molecular weight excluding hydrogens is 1440 g/mol. The largest absolute Gasteiger partial charge is 0.508 e. The Labute approximate surface area is 630 Å². The van der Waals surface area contributed by atoms with E-state index in [1.165, 1.54) is 94.7 Å². The number of hydrogen-bond acceptors (Lipinski definition) is 26. The zero-order chi connectivity index (χ0) is 81.8. The minimum absolute atomic E-state index is 0.0741. The van der Waals surface area contributed by atoms with E-state index in [0.29, 0.717) is 121 Å². The van der Waals surface area contributed by atoms with Crippen LogP contribution in [0, 0.1) is 27.7 Å². The van der Waals surface area contributed by atoms with Crippen molar-refractivity contribution in [3.8, 4) is 34.5 Å². The van der Waals surface area contributed by atoms with Crippen molar-refractivity contribution in [2.24, 2.45) is 0 Å². The summed E-state index contributed by atoms with van der Waals surface area (Å²) in [4.78, 5) is 156. The first-order chi connectivity index (χ1) is 52.7. The number of methoxy groups -OCH3 is 4. The van der Waals surface area contributed by atoms with Gasteiger partial charge in [0.25, 0.3) is 23.6 Å². The molecule has 4 amide bonds. The third kappa shape index (κ3) is 29.4. The van der Waals surface area contributed by atoms with Crippen molar-refractivity contribution in [1.29, 1.82) is 0 Å². The molecule has 0 aromatic heterocycles. The van der Waals surface area contributed by atoms with Crippen LogP contribution in [0.3, 0.4) is 0 Å². The number of amides is 4. The molecule has 0 fully saturated rings. The molecule has 0 saturated heterocycles. The number of ether oxygens (including phenoxy) is 8. The highest BCUT2D eigenvalue weighted by Crippen LogP contribution is 2.29. The average Bonchev–Trinajstić information content (AvgIpc) is 1.57. The number of carbonyl (C=O) groups excluding carboxylic acids is 14. The number of fused-ring (bicyclic) bond motifs is 3. The van der Waals surface area contributed by atoms with Crippen molar-refractivity contribution in [3.63, 3.8) is 0 Å². The molecule has 0 radical (unpaired) electrons. The SMILES string of the molecule is CCCOc1ccc(C(=O)OC)cc1C.COC(=O)c1ccc(O)c(C)c1.COC(=O)c1ccc2c(c1)C(=O)N(Cc1ccc(C)cc1)CCO2.COC(=O)c1ccc2c(c1)C(=O)NCCO2.Cc1ccc(CN2CCOc3ccc(C(=O)NO)cc3C2=O)cc1.O=C(O)c1ccc(O)cc1.O=C=O.O=C=O.O=C=O. The van der Waals surface area contributed by atoms with Crippen LogP contribution in [0.15, 0.2) is 164 Å². The Balaban J connectivity index is 0.000000342. The number of aryl methyl sites for hydroxylation is 4. The summed E-state index contributed by atoms with van der Waals surface area (Å²) >= 11 is 0. The van der Waals surface area contributed by atoms with Gasteiger partial charge in [0.2, 0.25) is 0 Å². The van der Waals surface area contributed by atoms with E-state index in [1.807, 2.05) is 69.3 Å². The average molecular weight is 1520 g/mol. The number of esters is 4. The molecule has 11 rings (SSSR count). The Kier molecular flexibility index (Phi) is 39.4. The van der Waals surface area contributed by atoms with Crippen LogP contribution in [0.25, 0.3) is 0 Å². The summed E-state index contributed by atoms with van der Waals surface area (Å²) in [5, 5.41) is 37.7. The van der Waals surface area contributed by atoms with Crippen LogP contribution in [0.4, 0.5) is 0 Å². The van der Waals surface area contributed by atoms with Gasteiger partial charge in [0.15, 0.2) is 0 Å². The number of hydroxylamine groups is 1. The molecule has 8 aromatic rings. The fourth-order valence-corrected chi connectivity index (χ4v) is 9.57. The van der Waals surface area contributed by atoms with Gasteiger partial charge in [0, 0.05) is 18.7 Å². The number of phenolic OH excluding ortho intramolecular Hbond substituents is 2. The van der Waals surface area contributed by atoms with Crippen molar-refractivity contribution in [2.45, 2.75) is 54.1 Å². The molecule has 31 heteroatoms. The van der Waals surface area contributed by atoms with E-state index in [2.05, 4.69) is 26.5 Å². The minimum Gasteiger partial charge on any atom is -0.508 e. The third-order valence-corrected chi connectivity index (χ3v) is 15.1.